The normalized spacial score (nSPS) is 13.9. The minimum Gasteiger partial charge on any atom is -0.465 e. The maximum atomic E-state index is 12.7. The predicted octanol–water partition coefficient (Wildman–Crippen LogP) is 3.97. The zero-order valence-electron chi connectivity index (χ0n) is 23.9. The van der Waals surface area contributed by atoms with Gasteiger partial charge in [-0.2, -0.15) is 0 Å². The molecule has 0 bridgehead atoms. The molecular formula is C29H32N6O5S2. The molecule has 0 amide bonds. The second kappa shape index (κ2) is 14.1. The van der Waals surface area contributed by atoms with Gasteiger partial charge in [-0.05, 0) is 56.4 Å². The molecule has 0 spiro atoms. The number of anilines is 1. The summed E-state index contributed by atoms with van der Waals surface area (Å²) in [6.45, 7) is 4.23. The summed E-state index contributed by atoms with van der Waals surface area (Å²) in [7, 11) is 7.08. The van der Waals surface area contributed by atoms with E-state index in [2.05, 4.69) is 43.7 Å². The highest BCUT2D eigenvalue weighted by molar-refractivity contribution is 7.20. The molecule has 1 aromatic carbocycles. The lowest BCUT2D eigenvalue weighted by Crippen LogP contribution is -2.28. The number of benzene rings is 1. The molecule has 1 aliphatic heterocycles. The van der Waals surface area contributed by atoms with Gasteiger partial charge in [0.05, 0.1) is 40.1 Å². The van der Waals surface area contributed by atoms with E-state index in [1.54, 1.807) is 23.4 Å². The van der Waals surface area contributed by atoms with Crippen LogP contribution in [0.4, 0.5) is 11.4 Å². The molecular weight excluding hydrogens is 576 g/mol. The van der Waals surface area contributed by atoms with Crippen LogP contribution in [-0.2, 0) is 4.74 Å². The van der Waals surface area contributed by atoms with Crippen LogP contribution < -0.4 is 10.5 Å². The van der Waals surface area contributed by atoms with Crippen molar-refractivity contribution in [3.8, 4) is 5.69 Å². The van der Waals surface area contributed by atoms with Gasteiger partial charge in [0.15, 0.2) is 12.6 Å². The summed E-state index contributed by atoms with van der Waals surface area (Å²) in [6, 6.07) is 11.2. The second-order valence-corrected chi connectivity index (χ2v) is 11.9. The average molecular weight is 609 g/mol. The maximum absolute atomic E-state index is 12.7. The molecule has 0 atom stereocenters. The first-order valence-electron chi connectivity index (χ1n) is 13.1. The van der Waals surface area contributed by atoms with E-state index in [1.165, 1.54) is 35.0 Å². The minimum atomic E-state index is -0.482. The summed E-state index contributed by atoms with van der Waals surface area (Å²) in [4.78, 5) is 61.9. The average Bonchev–Trinajstić information content (AvgIpc) is 3.56. The first kappa shape index (κ1) is 30.8. The monoisotopic (exact) mass is 608 g/mol. The minimum absolute atomic E-state index is 0.141. The Morgan fingerprint density at radius 1 is 1.00 bits per heavy atom. The number of nitrogens with zero attached hydrogens (tertiary/aromatic N) is 6. The Morgan fingerprint density at radius 2 is 1.69 bits per heavy atom. The SMILES string of the molecule is CN1CCCN(c2ccc(-n3cnc4cc(C=O)sc4c3=O)cc2)CC1.COC(=O)c1sc(C=O)cc1N=CN(C)C. The first-order valence-corrected chi connectivity index (χ1v) is 14.8. The third-order valence-corrected chi connectivity index (χ3v) is 8.50. The van der Waals surface area contributed by atoms with Gasteiger partial charge in [-0.25, -0.2) is 14.8 Å². The molecule has 4 heterocycles. The Hall–Kier alpha value is -4.20. The lowest BCUT2D eigenvalue weighted by atomic mass is 10.2. The number of thiophene rings is 2. The van der Waals surface area contributed by atoms with E-state index < -0.39 is 5.97 Å². The Bertz CT molecular complexity index is 1640. The number of hydrogen-bond donors (Lipinski definition) is 0. The third-order valence-electron chi connectivity index (χ3n) is 6.43. The van der Waals surface area contributed by atoms with Crippen molar-refractivity contribution in [2.24, 2.45) is 4.99 Å². The van der Waals surface area contributed by atoms with Gasteiger partial charge in [0.1, 0.15) is 15.9 Å². The van der Waals surface area contributed by atoms with Crippen LogP contribution in [0.3, 0.4) is 0 Å². The summed E-state index contributed by atoms with van der Waals surface area (Å²) >= 11 is 2.25. The van der Waals surface area contributed by atoms with Gasteiger partial charge in [0, 0.05) is 39.4 Å². The zero-order chi connectivity index (χ0) is 30.2. The molecule has 0 radical (unpaired) electrons. The Morgan fingerprint density at radius 3 is 2.36 bits per heavy atom. The molecule has 3 aromatic heterocycles. The third kappa shape index (κ3) is 7.35. The lowest BCUT2D eigenvalue weighted by molar-refractivity contribution is 0.0607. The van der Waals surface area contributed by atoms with Crippen molar-refractivity contribution in [3.63, 3.8) is 0 Å². The Kier molecular flexibility index (Phi) is 10.3. The summed E-state index contributed by atoms with van der Waals surface area (Å²) < 4.78 is 6.65. The van der Waals surface area contributed by atoms with Crippen molar-refractivity contribution in [1.82, 2.24) is 19.4 Å². The number of ether oxygens (including phenoxy) is 1. The zero-order valence-corrected chi connectivity index (χ0v) is 25.5. The van der Waals surface area contributed by atoms with Crippen LogP contribution in [0.25, 0.3) is 15.9 Å². The smallest absolute Gasteiger partial charge is 0.350 e. The molecule has 1 saturated heterocycles. The molecule has 1 fully saturated rings. The van der Waals surface area contributed by atoms with E-state index >= 15 is 0 Å². The summed E-state index contributed by atoms with van der Waals surface area (Å²) in [5.41, 5.74) is 2.83. The molecule has 5 rings (SSSR count). The second-order valence-electron chi connectivity index (χ2n) is 9.74. The van der Waals surface area contributed by atoms with Gasteiger partial charge >= 0.3 is 5.97 Å². The van der Waals surface area contributed by atoms with Gasteiger partial charge < -0.3 is 19.4 Å². The Labute approximate surface area is 251 Å². The summed E-state index contributed by atoms with van der Waals surface area (Å²) in [5.74, 6) is -0.482. The number of rotatable bonds is 7. The molecule has 0 saturated carbocycles. The predicted molar refractivity (Wildman–Crippen MR) is 168 cm³/mol. The topological polar surface area (TPSA) is 117 Å². The van der Waals surface area contributed by atoms with Gasteiger partial charge in [-0.1, -0.05) is 0 Å². The van der Waals surface area contributed by atoms with Crippen LogP contribution in [-0.4, -0.2) is 98.7 Å². The Balaban J connectivity index is 0.000000219. The summed E-state index contributed by atoms with van der Waals surface area (Å²) in [6.07, 6.45) is 5.68. The fourth-order valence-electron chi connectivity index (χ4n) is 4.27. The van der Waals surface area contributed by atoms with E-state index in [0.29, 0.717) is 36.8 Å². The number of carbonyl (C=O) groups is 3. The molecule has 11 nitrogen and oxygen atoms in total. The number of aldehydes is 2. The molecule has 0 N–H and O–H groups in total. The molecule has 1 aliphatic rings. The molecule has 42 heavy (non-hydrogen) atoms. The first-order chi connectivity index (χ1) is 20.2. The van der Waals surface area contributed by atoms with Crippen molar-refractivity contribution >= 4 is 69.1 Å². The van der Waals surface area contributed by atoms with Crippen molar-refractivity contribution in [2.75, 3.05) is 59.3 Å². The molecule has 0 aliphatic carbocycles. The van der Waals surface area contributed by atoms with Crippen LogP contribution in [0.1, 0.15) is 35.4 Å². The largest absolute Gasteiger partial charge is 0.465 e. The van der Waals surface area contributed by atoms with E-state index in [4.69, 9.17) is 0 Å². The number of methoxy groups -OCH3 is 1. The number of carbonyl (C=O) groups excluding carboxylic acids is 3. The van der Waals surface area contributed by atoms with E-state index in [-0.39, 0.29) is 5.56 Å². The fraction of sp³-hybridized carbons (Fsp3) is 0.310. The standard InChI is InChI=1S/C19H20N4O2S.C10H12N2O3S/c1-21-7-2-8-22(10-9-21)14-3-5-15(6-4-14)23-13-20-17-11-16(12-24)26-18(17)19(23)25;1-12(2)6-11-8-4-7(5-13)16-9(8)10(14)15-3/h3-6,11-13H,2,7-10H2,1H3;4-6H,1-3H3. The molecule has 13 heteroatoms. The van der Waals surface area contributed by atoms with Gasteiger partial charge in [0.2, 0.25) is 0 Å². The van der Waals surface area contributed by atoms with Crippen molar-refractivity contribution in [1.29, 1.82) is 0 Å². The quantitative estimate of drug-likeness (QED) is 0.133. The number of hydrogen-bond acceptors (Lipinski definition) is 11. The highest BCUT2D eigenvalue weighted by Crippen LogP contribution is 2.29. The molecule has 0 unspecified atom stereocenters. The van der Waals surface area contributed by atoms with Crippen molar-refractivity contribution < 1.29 is 19.1 Å². The van der Waals surface area contributed by atoms with Crippen LogP contribution in [0.5, 0.6) is 0 Å². The highest BCUT2D eigenvalue weighted by Gasteiger charge is 2.16. The van der Waals surface area contributed by atoms with Crippen LogP contribution in [0, 0.1) is 0 Å². The van der Waals surface area contributed by atoms with Crippen LogP contribution >= 0.6 is 22.7 Å². The highest BCUT2D eigenvalue weighted by atomic mass is 32.1. The number of fused-ring (bicyclic) bond motifs is 1. The van der Waals surface area contributed by atoms with Gasteiger partial charge in [-0.15, -0.1) is 22.7 Å². The van der Waals surface area contributed by atoms with Crippen molar-refractivity contribution in [2.45, 2.75) is 6.42 Å². The number of aromatic nitrogens is 2. The van der Waals surface area contributed by atoms with Crippen LogP contribution in [0.2, 0.25) is 0 Å². The van der Waals surface area contributed by atoms with Gasteiger partial charge in [-0.3, -0.25) is 19.0 Å². The number of aliphatic imine (C=N–C) groups is 1. The number of likely N-dealkylation sites (N-methyl/N-ethyl adjacent to an activating group) is 1. The maximum Gasteiger partial charge on any atom is 0.350 e. The van der Waals surface area contributed by atoms with Crippen LogP contribution in [0.15, 0.2) is 52.5 Å². The van der Waals surface area contributed by atoms with E-state index in [9.17, 15) is 19.2 Å². The fourth-order valence-corrected chi connectivity index (χ4v) is 5.97. The van der Waals surface area contributed by atoms with Crippen molar-refractivity contribution in [3.05, 3.63) is 67.7 Å². The van der Waals surface area contributed by atoms with E-state index in [1.807, 2.05) is 26.2 Å². The molecule has 4 aromatic rings. The summed E-state index contributed by atoms with van der Waals surface area (Å²) in [5, 5.41) is 0. The number of esters is 1. The van der Waals surface area contributed by atoms with E-state index in [0.717, 1.165) is 55.9 Å². The molecule has 220 valence electrons. The lowest BCUT2D eigenvalue weighted by Gasteiger charge is -2.23. The van der Waals surface area contributed by atoms with Gasteiger partial charge in [0.25, 0.3) is 5.56 Å².